The van der Waals surface area contributed by atoms with E-state index in [0.29, 0.717) is 11.7 Å². The van der Waals surface area contributed by atoms with Crippen molar-refractivity contribution in [3.05, 3.63) is 30.4 Å². The van der Waals surface area contributed by atoms with Crippen LogP contribution in [0.1, 0.15) is 18.9 Å². The molecule has 0 fully saturated rings. The lowest BCUT2D eigenvalue weighted by atomic mass is 10.4. The smallest absolute Gasteiger partial charge is 0.170 e. The number of nitrogens with zero attached hydrogens (tertiary/aromatic N) is 5. The van der Waals surface area contributed by atoms with Gasteiger partial charge >= 0.3 is 0 Å². The third-order valence-electron chi connectivity index (χ3n) is 3.31. The van der Waals surface area contributed by atoms with Crippen molar-refractivity contribution in [2.24, 2.45) is 0 Å². The van der Waals surface area contributed by atoms with Gasteiger partial charge in [-0.3, -0.25) is 9.36 Å². The van der Waals surface area contributed by atoms with Gasteiger partial charge in [-0.15, -0.1) is 0 Å². The van der Waals surface area contributed by atoms with Gasteiger partial charge in [-0.2, -0.15) is 10.2 Å². The van der Waals surface area contributed by atoms with Gasteiger partial charge in [0.15, 0.2) is 5.11 Å². The molecular formula is C15H25N7S. The first-order valence-corrected chi connectivity index (χ1v) is 8.21. The molecule has 2 rings (SSSR count). The molecule has 2 heterocycles. The van der Waals surface area contributed by atoms with Gasteiger partial charge < -0.3 is 15.5 Å². The maximum Gasteiger partial charge on any atom is 0.170 e. The number of nitrogens with one attached hydrogen (secondary N) is 2. The summed E-state index contributed by atoms with van der Waals surface area (Å²) in [4.78, 5) is 2.16. The van der Waals surface area contributed by atoms with Crippen molar-refractivity contribution in [1.29, 1.82) is 0 Å². The molecule has 0 amide bonds. The van der Waals surface area contributed by atoms with Crippen LogP contribution in [0.5, 0.6) is 0 Å². The number of aryl methyl sites for hydroxylation is 1. The summed E-state index contributed by atoms with van der Waals surface area (Å²) in [6.45, 7) is 5.54. The molecule has 126 valence electrons. The maximum absolute atomic E-state index is 5.29. The van der Waals surface area contributed by atoms with E-state index in [1.807, 2.05) is 28.0 Å². The summed E-state index contributed by atoms with van der Waals surface area (Å²) < 4.78 is 3.78. The molecule has 2 aromatic rings. The quantitative estimate of drug-likeness (QED) is 0.561. The Morgan fingerprint density at radius 3 is 2.70 bits per heavy atom. The Bertz CT molecular complexity index is 617. The summed E-state index contributed by atoms with van der Waals surface area (Å²) in [5.41, 5.74) is 2.02. The maximum atomic E-state index is 5.29. The lowest BCUT2D eigenvalue weighted by molar-refractivity contribution is 0.400. The summed E-state index contributed by atoms with van der Waals surface area (Å²) >= 11 is 5.29. The van der Waals surface area contributed by atoms with Gasteiger partial charge in [0.05, 0.1) is 24.6 Å². The van der Waals surface area contributed by atoms with Crippen molar-refractivity contribution in [1.82, 2.24) is 29.8 Å². The summed E-state index contributed by atoms with van der Waals surface area (Å²) in [6, 6.07) is 0. The van der Waals surface area contributed by atoms with Crippen molar-refractivity contribution in [3.63, 3.8) is 0 Å². The highest BCUT2D eigenvalue weighted by Gasteiger charge is 2.03. The number of hydrogen-bond donors (Lipinski definition) is 2. The Labute approximate surface area is 142 Å². The van der Waals surface area contributed by atoms with Crippen LogP contribution in [0, 0.1) is 0 Å². The molecule has 0 aliphatic carbocycles. The molecule has 0 radical (unpaired) electrons. The van der Waals surface area contributed by atoms with E-state index in [-0.39, 0.29) is 0 Å². The van der Waals surface area contributed by atoms with Crippen LogP contribution in [-0.4, -0.2) is 56.8 Å². The molecule has 0 aromatic carbocycles. The van der Waals surface area contributed by atoms with E-state index in [1.165, 1.54) is 0 Å². The normalized spacial score (nSPS) is 11.0. The van der Waals surface area contributed by atoms with Gasteiger partial charge in [0.1, 0.15) is 0 Å². The van der Waals surface area contributed by atoms with Gasteiger partial charge in [-0.1, -0.05) is 0 Å². The van der Waals surface area contributed by atoms with E-state index < -0.39 is 0 Å². The van der Waals surface area contributed by atoms with Gasteiger partial charge in [-0.05, 0) is 46.2 Å². The zero-order valence-electron chi connectivity index (χ0n) is 14.0. The van der Waals surface area contributed by atoms with E-state index in [9.17, 15) is 0 Å². The zero-order valence-corrected chi connectivity index (χ0v) is 14.8. The van der Waals surface area contributed by atoms with Crippen LogP contribution in [0.2, 0.25) is 0 Å². The topological polar surface area (TPSA) is 62.9 Å². The lowest BCUT2D eigenvalue weighted by Gasteiger charge is -2.11. The highest BCUT2D eigenvalue weighted by Crippen LogP contribution is 2.07. The summed E-state index contributed by atoms with van der Waals surface area (Å²) in [5.74, 6) is 0. The fraction of sp³-hybridized carbons (Fsp3) is 0.533. The van der Waals surface area contributed by atoms with E-state index in [4.69, 9.17) is 12.2 Å². The number of hydrogen-bond acceptors (Lipinski definition) is 4. The second-order valence-corrected chi connectivity index (χ2v) is 6.08. The number of thiocarbonyl (C=S) groups is 1. The highest BCUT2D eigenvalue weighted by molar-refractivity contribution is 7.80. The summed E-state index contributed by atoms with van der Waals surface area (Å²) in [5, 5.41) is 15.6. The predicted octanol–water partition coefficient (Wildman–Crippen LogP) is 1.39. The second kappa shape index (κ2) is 8.64. The van der Waals surface area contributed by atoms with E-state index in [2.05, 4.69) is 46.7 Å². The molecule has 0 saturated heterocycles. The Balaban J connectivity index is 1.76. The fourth-order valence-corrected chi connectivity index (χ4v) is 2.36. The Morgan fingerprint density at radius 1 is 1.22 bits per heavy atom. The number of rotatable bonds is 8. The molecule has 0 aliphatic heterocycles. The molecule has 0 saturated carbocycles. The molecule has 0 bridgehead atoms. The third kappa shape index (κ3) is 5.99. The minimum Gasteiger partial charge on any atom is -0.362 e. The summed E-state index contributed by atoms with van der Waals surface area (Å²) in [7, 11) is 4.13. The van der Waals surface area contributed by atoms with Crippen LogP contribution in [0.4, 0.5) is 5.69 Å². The second-order valence-electron chi connectivity index (χ2n) is 5.67. The molecule has 2 N–H and O–H groups in total. The molecule has 0 spiro atoms. The van der Waals surface area contributed by atoms with Gasteiger partial charge in [0.25, 0.3) is 0 Å². The Kier molecular flexibility index (Phi) is 6.54. The molecule has 23 heavy (non-hydrogen) atoms. The van der Waals surface area contributed by atoms with Gasteiger partial charge in [-0.25, -0.2) is 0 Å². The standard InChI is InChI=1S/C15H25N7S/c1-4-21-10-13(8-17-21)11-22-12-14(9-18-22)19-15(23)16-6-5-7-20(2)3/h8-10,12H,4-7,11H2,1-3H3,(H2,16,19,23). The first kappa shape index (κ1) is 17.4. The SMILES string of the molecule is CCn1cc(Cn2cc(NC(=S)NCCCN(C)C)cn2)cn1. The number of anilines is 1. The average molecular weight is 335 g/mol. The van der Waals surface area contributed by atoms with E-state index >= 15 is 0 Å². The van der Waals surface area contributed by atoms with Crippen LogP contribution in [0.25, 0.3) is 0 Å². The van der Waals surface area contributed by atoms with Crippen LogP contribution >= 0.6 is 12.2 Å². The number of aromatic nitrogens is 4. The monoisotopic (exact) mass is 335 g/mol. The first-order valence-electron chi connectivity index (χ1n) is 7.80. The van der Waals surface area contributed by atoms with Crippen LogP contribution in [-0.2, 0) is 13.1 Å². The van der Waals surface area contributed by atoms with Gasteiger partial charge in [0, 0.05) is 31.0 Å². The van der Waals surface area contributed by atoms with Crippen LogP contribution in [0.3, 0.4) is 0 Å². The Morgan fingerprint density at radius 2 is 2.00 bits per heavy atom. The molecule has 2 aromatic heterocycles. The molecular weight excluding hydrogens is 310 g/mol. The molecule has 8 heteroatoms. The minimum absolute atomic E-state index is 0.627. The predicted molar refractivity (Wildman–Crippen MR) is 96.6 cm³/mol. The van der Waals surface area contributed by atoms with Crippen LogP contribution < -0.4 is 10.6 Å². The van der Waals surface area contributed by atoms with E-state index in [1.54, 1.807) is 6.20 Å². The lowest BCUT2D eigenvalue weighted by Crippen LogP contribution is -2.30. The van der Waals surface area contributed by atoms with E-state index in [0.717, 1.165) is 37.3 Å². The van der Waals surface area contributed by atoms with Crippen molar-refractivity contribution in [3.8, 4) is 0 Å². The highest BCUT2D eigenvalue weighted by atomic mass is 32.1. The first-order chi connectivity index (χ1) is 11.1. The fourth-order valence-electron chi connectivity index (χ4n) is 2.14. The molecule has 0 aliphatic rings. The minimum atomic E-state index is 0.627. The Hall–Kier alpha value is -1.93. The largest absolute Gasteiger partial charge is 0.362 e. The molecule has 7 nitrogen and oxygen atoms in total. The third-order valence-corrected chi connectivity index (χ3v) is 3.56. The summed E-state index contributed by atoms with van der Waals surface area (Å²) in [6.07, 6.45) is 8.67. The van der Waals surface area contributed by atoms with Crippen molar-refractivity contribution in [2.45, 2.75) is 26.4 Å². The average Bonchev–Trinajstić information content (AvgIpc) is 3.13. The van der Waals surface area contributed by atoms with Crippen molar-refractivity contribution in [2.75, 3.05) is 32.5 Å². The van der Waals surface area contributed by atoms with Crippen molar-refractivity contribution >= 4 is 23.0 Å². The van der Waals surface area contributed by atoms with Crippen molar-refractivity contribution < 1.29 is 0 Å². The van der Waals surface area contributed by atoms with Crippen LogP contribution in [0.15, 0.2) is 24.8 Å². The molecule has 0 atom stereocenters. The molecule has 0 unspecified atom stereocenters. The zero-order chi connectivity index (χ0) is 16.7. The van der Waals surface area contributed by atoms with Gasteiger partial charge in [0.2, 0.25) is 0 Å².